The molecule has 4 N–H and O–H groups in total. The highest BCUT2D eigenvalue weighted by molar-refractivity contribution is 5.92. The third kappa shape index (κ3) is 7.14. The number of amides is 1. The summed E-state index contributed by atoms with van der Waals surface area (Å²) >= 11 is 0. The Balaban J connectivity index is 2.02. The minimum absolute atomic E-state index is 0.0611. The van der Waals surface area contributed by atoms with Gasteiger partial charge in [0.1, 0.15) is 18.5 Å². The minimum atomic E-state index is -0.619. The van der Waals surface area contributed by atoms with Gasteiger partial charge in [-0.15, -0.1) is 0 Å². The Labute approximate surface area is 160 Å². The van der Waals surface area contributed by atoms with Crippen LogP contribution in [-0.2, 0) is 0 Å². The van der Waals surface area contributed by atoms with Crippen LogP contribution < -0.4 is 15.8 Å². The maximum Gasteiger partial charge on any atom is 0.248 e. The second-order valence-electron chi connectivity index (χ2n) is 7.28. The van der Waals surface area contributed by atoms with Gasteiger partial charge in [0.05, 0.1) is 5.56 Å². The molecule has 142 valence electrons. The van der Waals surface area contributed by atoms with Gasteiger partial charge in [-0.1, -0.05) is 24.0 Å². The lowest BCUT2D eigenvalue weighted by molar-refractivity contribution is 0.0998. The molecule has 1 unspecified atom stereocenters. The average molecular weight is 366 g/mol. The molecule has 5 heteroatoms. The molecular formula is C22H26N2O3. The summed E-state index contributed by atoms with van der Waals surface area (Å²) in [7, 11) is 0. The van der Waals surface area contributed by atoms with Crippen molar-refractivity contribution in [3.8, 4) is 17.6 Å². The zero-order valence-corrected chi connectivity index (χ0v) is 16.0. The van der Waals surface area contributed by atoms with Crippen LogP contribution >= 0.6 is 0 Å². The van der Waals surface area contributed by atoms with Crippen LogP contribution in [0.25, 0.3) is 0 Å². The van der Waals surface area contributed by atoms with Crippen LogP contribution in [0.3, 0.4) is 0 Å². The number of hydrogen-bond acceptors (Lipinski definition) is 4. The van der Waals surface area contributed by atoms with Crippen molar-refractivity contribution in [1.29, 1.82) is 0 Å². The minimum Gasteiger partial charge on any atom is -0.490 e. The molecular weight excluding hydrogens is 340 g/mol. The topological polar surface area (TPSA) is 84.6 Å². The van der Waals surface area contributed by atoms with Crippen molar-refractivity contribution in [3.63, 3.8) is 0 Å². The van der Waals surface area contributed by atoms with E-state index < -0.39 is 12.0 Å². The first-order chi connectivity index (χ1) is 12.7. The molecule has 0 saturated heterocycles. The number of carbonyl (C=O) groups excluding carboxylic acids is 1. The molecule has 1 atom stereocenters. The molecule has 0 saturated carbocycles. The maximum atomic E-state index is 11.1. The molecule has 0 aliphatic carbocycles. The van der Waals surface area contributed by atoms with Crippen LogP contribution in [0.15, 0.2) is 48.5 Å². The Morgan fingerprint density at radius 2 is 1.81 bits per heavy atom. The quantitative estimate of drug-likeness (QED) is 0.685. The van der Waals surface area contributed by atoms with E-state index in [1.165, 1.54) is 0 Å². The number of hydrogen-bond donors (Lipinski definition) is 3. The first-order valence-electron chi connectivity index (χ1n) is 8.81. The van der Waals surface area contributed by atoms with Crippen LogP contribution in [0.1, 0.15) is 42.3 Å². The Hall–Kier alpha value is -2.81. The van der Waals surface area contributed by atoms with Gasteiger partial charge in [-0.25, -0.2) is 0 Å². The van der Waals surface area contributed by atoms with Crippen molar-refractivity contribution < 1.29 is 14.6 Å². The molecule has 0 radical (unpaired) electrons. The van der Waals surface area contributed by atoms with Gasteiger partial charge in [-0.3, -0.25) is 4.79 Å². The lowest BCUT2D eigenvalue weighted by Crippen LogP contribution is -2.42. The molecule has 0 heterocycles. The lowest BCUT2D eigenvalue weighted by atomic mass is 10.1. The Bertz CT molecular complexity index is 827. The van der Waals surface area contributed by atoms with Crippen LogP contribution in [0.4, 0.5) is 0 Å². The Kier molecular flexibility index (Phi) is 7.00. The van der Waals surface area contributed by atoms with E-state index in [2.05, 4.69) is 17.2 Å². The summed E-state index contributed by atoms with van der Waals surface area (Å²) in [6.45, 7) is 6.75. The summed E-state index contributed by atoms with van der Waals surface area (Å²) in [6.07, 6.45) is -0.619. The number of ether oxygens (including phenoxy) is 1. The molecule has 2 aromatic carbocycles. The highest BCUT2D eigenvalue weighted by Crippen LogP contribution is 2.17. The van der Waals surface area contributed by atoms with Crippen LogP contribution in [0, 0.1) is 11.8 Å². The number of benzene rings is 2. The molecule has 5 nitrogen and oxygen atoms in total. The zero-order valence-electron chi connectivity index (χ0n) is 16.0. The molecule has 27 heavy (non-hydrogen) atoms. The van der Waals surface area contributed by atoms with Crippen molar-refractivity contribution in [2.24, 2.45) is 5.73 Å². The largest absolute Gasteiger partial charge is 0.490 e. The molecule has 0 fully saturated rings. The molecule has 0 bridgehead atoms. The molecule has 1 amide bonds. The number of nitrogens with two attached hydrogens (primary N) is 1. The van der Waals surface area contributed by atoms with Crippen molar-refractivity contribution in [2.45, 2.75) is 32.4 Å². The summed E-state index contributed by atoms with van der Waals surface area (Å²) < 4.78 is 5.75. The summed E-state index contributed by atoms with van der Waals surface area (Å²) in [6, 6.07) is 14.2. The fraction of sp³-hybridized carbons (Fsp3) is 0.318. The van der Waals surface area contributed by atoms with Crippen molar-refractivity contribution in [2.75, 3.05) is 13.2 Å². The monoisotopic (exact) mass is 366 g/mol. The number of carbonyl (C=O) groups is 1. The van der Waals surface area contributed by atoms with E-state index in [1.807, 2.05) is 45.0 Å². The van der Waals surface area contributed by atoms with Crippen LogP contribution in [0.5, 0.6) is 5.75 Å². The fourth-order valence-corrected chi connectivity index (χ4v) is 2.22. The fourth-order valence-electron chi connectivity index (χ4n) is 2.22. The van der Waals surface area contributed by atoms with Gasteiger partial charge in [-0.2, -0.15) is 0 Å². The van der Waals surface area contributed by atoms with Gasteiger partial charge in [0.2, 0.25) is 5.91 Å². The van der Waals surface area contributed by atoms with E-state index in [-0.39, 0.29) is 12.1 Å². The van der Waals surface area contributed by atoms with Gasteiger partial charge < -0.3 is 20.9 Å². The van der Waals surface area contributed by atoms with Gasteiger partial charge in [-0.05, 0) is 57.2 Å². The predicted octanol–water partition coefficient (Wildman–Crippen LogP) is 2.31. The van der Waals surface area contributed by atoms with E-state index in [0.717, 1.165) is 11.1 Å². The van der Waals surface area contributed by atoms with Gasteiger partial charge in [0.15, 0.2) is 0 Å². The SMILES string of the molecule is CC(C)(C)NCC(O)COc1ccccc1C#Cc1ccc(C(N)=O)cc1. The summed E-state index contributed by atoms with van der Waals surface area (Å²) in [5, 5.41) is 13.3. The highest BCUT2D eigenvalue weighted by Gasteiger charge is 2.13. The molecule has 2 rings (SSSR count). The van der Waals surface area contributed by atoms with E-state index in [1.54, 1.807) is 24.3 Å². The summed E-state index contributed by atoms with van der Waals surface area (Å²) in [5.41, 5.74) is 7.12. The average Bonchev–Trinajstić information content (AvgIpc) is 2.63. The number of aliphatic hydroxyl groups is 1. The van der Waals surface area contributed by atoms with E-state index in [0.29, 0.717) is 17.9 Å². The predicted molar refractivity (Wildman–Crippen MR) is 107 cm³/mol. The van der Waals surface area contributed by atoms with Gasteiger partial charge >= 0.3 is 0 Å². The summed E-state index contributed by atoms with van der Waals surface area (Å²) in [5.74, 6) is 6.27. The number of β-amino-alcohol motifs (C(OH)–C–C–N with tert-alkyl or cyclic N) is 1. The zero-order chi connectivity index (χ0) is 19.9. The third-order valence-corrected chi connectivity index (χ3v) is 3.70. The number of primary amides is 1. The van der Waals surface area contributed by atoms with Crippen LogP contribution in [-0.4, -0.2) is 35.8 Å². The van der Waals surface area contributed by atoms with Crippen LogP contribution in [0.2, 0.25) is 0 Å². The normalized spacial score (nSPS) is 12.0. The number of para-hydroxylation sites is 1. The lowest BCUT2D eigenvalue weighted by Gasteiger charge is -2.23. The first kappa shape index (κ1) is 20.5. The van der Waals surface area contributed by atoms with Crippen molar-refractivity contribution in [3.05, 3.63) is 65.2 Å². The second-order valence-corrected chi connectivity index (χ2v) is 7.28. The van der Waals surface area contributed by atoms with Crippen molar-refractivity contribution in [1.82, 2.24) is 5.32 Å². The molecule has 0 aliphatic heterocycles. The van der Waals surface area contributed by atoms with Gasteiger partial charge in [0.25, 0.3) is 0 Å². The second kappa shape index (κ2) is 9.22. The van der Waals surface area contributed by atoms with Crippen molar-refractivity contribution >= 4 is 5.91 Å². The number of nitrogens with one attached hydrogen (secondary N) is 1. The number of aliphatic hydroxyl groups excluding tert-OH is 1. The Morgan fingerprint density at radius 3 is 2.44 bits per heavy atom. The molecule has 0 spiro atoms. The first-order valence-corrected chi connectivity index (χ1v) is 8.81. The highest BCUT2D eigenvalue weighted by atomic mass is 16.5. The van der Waals surface area contributed by atoms with Gasteiger partial charge in [0, 0.05) is 23.2 Å². The third-order valence-electron chi connectivity index (χ3n) is 3.70. The molecule has 2 aromatic rings. The Morgan fingerprint density at radius 1 is 1.15 bits per heavy atom. The number of rotatable bonds is 6. The summed E-state index contributed by atoms with van der Waals surface area (Å²) in [4.78, 5) is 11.1. The molecule has 0 aromatic heterocycles. The smallest absolute Gasteiger partial charge is 0.248 e. The van der Waals surface area contributed by atoms with E-state index in [9.17, 15) is 9.90 Å². The molecule has 0 aliphatic rings. The standard InChI is InChI=1S/C22H26N2O3/c1-22(2,3)24-14-19(25)15-27-20-7-5-4-6-17(20)11-8-16-9-12-18(13-10-16)21(23)26/h4-7,9-10,12-13,19,24-25H,14-15H2,1-3H3,(H2,23,26). The van der Waals surface area contributed by atoms with E-state index in [4.69, 9.17) is 10.5 Å². The maximum absolute atomic E-state index is 11.1. The van der Waals surface area contributed by atoms with E-state index >= 15 is 0 Å².